The van der Waals surface area contributed by atoms with Crippen molar-refractivity contribution in [2.24, 2.45) is 11.8 Å². The second kappa shape index (κ2) is 9.63. The highest BCUT2D eigenvalue weighted by atomic mass is 16.7. The molecule has 2 fully saturated rings. The molecule has 2 aliphatic rings. The molecule has 1 heterocycles. The van der Waals surface area contributed by atoms with Crippen LogP contribution in [0.4, 0.5) is 0 Å². The smallest absolute Gasteiger partial charge is 0.403 e. The van der Waals surface area contributed by atoms with Crippen LogP contribution >= 0.6 is 0 Å². The zero-order chi connectivity index (χ0) is 24.5. The minimum Gasteiger partial charge on any atom is -0.403 e. The molecule has 0 bridgehead atoms. The SMILES string of the molecule is CC(=O)N[C@]1(C(=O)NC(C)(C)C)C[C@H](CCB2OC(C)(C)C(C)(C)O2)CC[C@H]1CN(C)C. The molecule has 32 heavy (non-hydrogen) atoms. The maximum absolute atomic E-state index is 13.6. The van der Waals surface area contributed by atoms with Crippen molar-refractivity contribution in [1.82, 2.24) is 15.5 Å². The van der Waals surface area contributed by atoms with E-state index >= 15 is 0 Å². The molecular formula is C24H46BN3O4. The third-order valence-electron chi connectivity index (χ3n) is 7.22. The van der Waals surface area contributed by atoms with Gasteiger partial charge in [0.15, 0.2) is 0 Å². The summed E-state index contributed by atoms with van der Waals surface area (Å²) in [6, 6.07) is 0. The molecule has 0 aromatic rings. The Balaban J connectivity index is 2.21. The lowest BCUT2D eigenvalue weighted by atomic mass is 9.64. The summed E-state index contributed by atoms with van der Waals surface area (Å²) >= 11 is 0. The zero-order valence-corrected chi connectivity index (χ0v) is 22.1. The van der Waals surface area contributed by atoms with Gasteiger partial charge >= 0.3 is 7.12 Å². The van der Waals surface area contributed by atoms with Crippen LogP contribution in [0.15, 0.2) is 0 Å². The molecule has 0 aromatic heterocycles. The average Bonchev–Trinajstić information content (AvgIpc) is 2.79. The van der Waals surface area contributed by atoms with Gasteiger partial charge in [0.1, 0.15) is 5.54 Å². The van der Waals surface area contributed by atoms with E-state index in [0.29, 0.717) is 12.3 Å². The molecule has 1 aliphatic carbocycles. The lowest BCUT2D eigenvalue weighted by Crippen LogP contribution is -2.68. The summed E-state index contributed by atoms with van der Waals surface area (Å²) in [5.41, 5.74) is -1.97. The molecule has 0 radical (unpaired) electrons. The van der Waals surface area contributed by atoms with Crippen LogP contribution in [0.5, 0.6) is 0 Å². The van der Waals surface area contributed by atoms with Crippen LogP contribution in [0.25, 0.3) is 0 Å². The zero-order valence-electron chi connectivity index (χ0n) is 22.1. The number of hydrogen-bond acceptors (Lipinski definition) is 5. The number of carbonyl (C=O) groups excluding carboxylic acids is 2. The van der Waals surface area contributed by atoms with Gasteiger partial charge in [-0.3, -0.25) is 9.59 Å². The lowest BCUT2D eigenvalue weighted by molar-refractivity contribution is -0.139. The van der Waals surface area contributed by atoms with Gasteiger partial charge in [-0.2, -0.15) is 0 Å². The van der Waals surface area contributed by atoms with Crippen LogP contribution in [0.1, 0.15) is 81.1 Å². The first-order chi connectivity index (χ1) is 14.5. The van der Waals surface area contributed by atoms with Crippen LogP contribution in [0, 0.1) is 11.8 Å². The molecule has 2 N–H and O–H groups in total. The Morgan fingerprint density at radius 3 is 2.09 bits per heavy atom. The van der Waals surface area contributed by atoms with Gasteiger partial charge in [0, 0.05) is 24.9 Å². The molecule has 0 unspecified atom stereocenters. The largest absolute Gasteiger partial charge is 0.457 e. The van der Waals surface area contributed by atoms with Crippen molar-refractivity contribution in [3.8, 4) is 0 Å². The Labute approximate surface area is 195 Å². The first kappa shape index (κ1) is 27.1. The predicted molar refractivity (Wildman–Crippen MR) is 129 cm³/mol. The highest BCUT2D eigenvalue weighted by Gasteiger charge is 2.53. The topological polar surface area (TPSA) is 79.9 Å². The van der Waals surface area contributed by atoms with E-state index in [1.54, 1.807) is 0 Å². The fourth-order valence-electron chi connectivity index (χ4n) is 5.05. The van der Waals surface area contributed by atoms with Crippen LogP contribution in [-0.2, 0) is 18.9 Å². The molecule has 0 aromatic carbocycles. The van der Waals surface area contributed by atoms with Crippen molar-refractivity contribution in [3.63, 3.8) is 0 Å². The molecule has 1 saturated heterocycles. The second-order valence-corrected chi connectivity index (χ2v) is 12.2. The summed E-state index contributed by atoms with van der Waals surface area (Å²) in [6.07, 6.45) is 4.24. The molecular weight excluding hydrogens is 405 g/mol. The lowest BCUT2D eigenvalue weighted by Gasteiger charge is -2.48. The molecule has 8 heteroatoms. The van der Waals surface area contributed by atoms with Gasteiger partial charge in [-0.1, -0.05) is 6.42 Å². The van der Waals surface area contributed by atoms with Crippen molar-refractivity contribution in [2.75, 3.05) is 20.6 Å². The third-order valence-corrected chi connectivity index (χ3v) is 7.22. The number of rotatable bonds is 7. The van der Waals surface area contributed by atoms with E-state index in [0.717, 1.165) is 32.1 Å². The van der Waals surface area contributed by atoms with Crippen LogP contribution < -0.4 is 10.6 Å². The maximum atomic E-state index is 13.6. The number of hydrogen-bond donors (Lipinski definition) is 2. The molecule has 3 atom stereocenters. The van der Waals surface area contributed by atoms with E-state index < -0.39 is 5.54 Å². The Hall–Kier alpha value is -1.12. The fraction of sp³-hybridized carbons (Fsp3) is 0.917. The van der Waals surface area contributed by atoms with Gasteiger partial charge < -0.3 is 24.8 Å². The van der Waals surface area contributed by atoms with Gasteiger partial charge in [-0.25, -0.2) is 0 Å². The van der Waals surface area contributed by atoms with Crippen molar-refractivity contribution in [3.05, 3.63) is 0 Å². The van der Waals surface area contributed by atoms with E-state index in [9.17, 15) is 9.59 Å². The number of nitrogens with one attached hydrogen (secondary N) is 2. The summed E-state index contributed by atoms with van der Waals surface area (Å²) in [5, 5.41) is 6.27. The Bertz CT molecular complexity index is 673. The third kappa shape index (κ3) is 6.48. The summed E-state index contributed by atoms with van der Waals surface area (Å²) in [4.78, 5) is 28.0. The van der Waals surface area contributed by atoms with Crippen molar-refractivity contribution >= 4 is 18.9 Å². The maximum Gasteiger partial charge on any atom is 0.457 e. The second-order valence-electron chi connectivity index (χ2n) is 12.2. The monoisotopic (exact) mass is 451 g/mol. The Morgan fingerprint density at radius 1 is 1.06 bits per heavy atom. The highest BCUT2D eigenvalue weighted by molar-refractivity contribution is 6.45. The quantitative estimate of drug-likeness (QED) is 0.581. The van der Waals surface area contributed by atoms with E-state index in [2.05, 4.69) is 43.2 Å². The minimum absolute atomic E-state index is 0.0526. The van der Waals surface area contributed by atoms with Crippen molar-refractivity contribution in [1.29, 1.82) is 0 Å². The van der Waals surface area contributed by atoms with E-state index in [-0.39, 0.29) is 41.6 Å². The Kier molecular flexibility index (Phi) is 8.16. The van der Waals surface area contributed by atoms with E-state index in [4.69, 9.17) is 9.31 Å². The molecule has 0 spiro atoms. The van der Waals surface area contributed by atoms with Gasteiger partial charge in [0.05, 0.1) is 11.2 Å². The standard InChI is InChI=1S/C24H46BN3O4/c1-17(29)26-24(20(30)27-21(2,3)4)15-18(11-12-19(24)16-28(9)10)13-14-25-31-22(5,6)23(7,8)32-25/h18-19H,11-16H2,1-10H3,(H,26,29)(H,27,30)/t18-,19-,24+/m0/s1. The molecule has 7 nitrogen and oxygen atoms in total. The summed E-state index contributed by atoms with van der Waals surface area (Å²) in [6.45, 7) is 16.5. The first-order valence-corrected chi connectivity index (χ1v) is 12.1. The predicted octanol–water partition coefficient (Wildman–Crippen LogP) is 3.24. The molecule has 184 valence electrons. The fourth-order valence-corrected chi connectivity index (χ4v) is 5.05. The van der Waals surface area contributed by atoms with Crippen LogP contribution in [0.2, 0.25) is 6.32 Å². The molecule has 2 amide bonds. The van der Waals surface area contributed by atoms with Crippen LogP contribution in [0.3, 0.4) is 0 Å². The summed E-state index contributed by atoms with van der Waals surface area (Å²) < 4.78 is 12.4. The minimum atomic E-state index is -0.914. The summed E-state index contributed by atoms with van der Waals surface area (Å²) in [5.74, 6) is 0.124. The number of carbonyl (C=O) groups is 2. The number of amides is 2. The average molecular weight is 451 g/mol. The van der Waals surface area contributed by atoms with Gasteiger partial charge in [-0.15, -0.1) is 0 Å². The van der Waals surface area contributed by atoms with Crippen molar-refractivity contribution < 1.29 is 18.9 Å². The first-order valence-electron chi connectivity index (χ1n) is 12.1. The highest BCUT2D eigenvalue weighted by Crippen LogP contribution is 2.43. The van der Waals surface area contributed by atoms with Gasteiger partial charge in [-0.05, 0) is 94.1 Å². The Morgan fingerprint density at radius 2 is 1.62 bits per heavy atom. The molecule has 2 rings (SSSR count). The normalized spacial score (nSPS) is 29.8. The molecule has 1 saturated carbocycles. The summed E-state index contributed by atoms with van der Waals surface area (Å²) in [7, 11) is 3.80. The van der Waals surface area contributed by atoms with E-state index in [1.165, 1.54) is 6.92 Å². The number of nitrogens with zero attached hydrogens (tertiary/aromatic N) is 1. The van der Waals surface area contributed by atoms with Gasteiger partial charge in [0.25, 0.3) is 0 Å². The van der Waals surface area contributed by atoms with Crippen molar-refractivity contribution in [2.45, 2.75) is 110 Å². The van der Waals surface area contributed by atoms with Crippen LogP contribution in [-0.4, -0.2) is 66.8 Å². The van der Waals surface area contributed by atoms with E-state index in [1.807, 2.05) is 34.9 Å². The molecule has 1 aliphatic heterocycles. The van der Waals surface area contributed by atoms with Gasteiger partial charge in [0.2, 0.25) is 11.8 Å².